The van der Waals surface area contributed by atoms with Crippen molar-refractivity contribution in [2.75, 3.05) is 32.5 Å². The van der Waals surface area contributed by atoms with E-state index < -0.39 is 0 Å². The number of hydrogen-bond acceptors (Lipinski definition) is 6. The summed E-state index contributed by atoms with van der Waals surface area (Å²) in [7, 11) is 1.66. The summed E-state index contributed by atoms with van der Waals surface area (Å²) in [5, 5.41) is 12.9. The van der Waals surface area contributed by atoms with Gasteiger partial charge in [0.1, 0.15) is 5.75 Å². The number of likely N-dealkylation sites (tertiary alicyclic amines) is 1. The van der Waals surface area contributed by atoms with E-state index in [1.807, 2.05) is 30.3 Å². The molecule has 2 aromatic carbocycles. The molecule has 0 spiro atoms. The molecule has 34 heavy (non-hydrogen) atoms. The molecule has 0 radical (unpaired) electrons. The van der Waals surface area contributed by atoms with Crippen LogP contribution in [0.5, 0.6) is 5.75 Å². The molecule has 1 fully saturated rings. The number of ether oxygens (including phenoxy) is 1. The Bertz CT molecular complexity index is 1050. The summed E-state index contributed by atoms with van der Waals surface area (Å²) in [5.41, 5.74) is 2.23. The smallest absolute Gasteiger partial charge is 0.230 e. The number of methoxy groups -OCH3 is 1. The normalized spacial score (nSPS) is 14.8. The standard InChI is InChI=1S/C26H33N5O2S/c1-3-30-16-14-22(15-17-30)27-24(32)19-34-26-29-28-25(21-9-11-23(33-2)12-10-21)31(26)18-13-20-7-5-4-6-8-20/h4-12,22H,3,13-19H2,1-2H3,(H,27,32). The van der Waals surface area contributed by atoms with Crippen LogP contribution in [0.15, 0.2) is 59.8 Å². The van der Waals surface area contributed by atoms with Crippen LogP contribution in [0.25, 0.3) is 11.4 Å². The van der Waals surface area contributed by atoms with Crippen LogP contribution in [-0.2, 0) is 17.8 Å². The van der Waals surface area contributed by atoms with Gasteiger partial charge >= 0.3 is 0 Å². The van der Waals surface area contributed by atoms with Gasteiger partial charge in [0.25, 0.3) is 0 Å². The maximum atomic E-state index is 12.7. The number of carbonyl (C=O) groups is 1. The summed E-state index contributed by atoms with van der Waals surface area (Å²) in [6.45, 7) is 6.09. The molecule has 0 bridgehead atoms. The molecule has 4 rings (SSSR count). The van der Waals surface area contributed by atoms with E-state index in [1.54, 1.807) is 7.11 Å². The van der Waals surface area contributed by atoms with Gasteiger partial charge in [0, 0.05) is 31.2 Å². The summed E-state index contributed by atoms with van der Waals surface area (Å²) in [6, 6.07) is 18.5. The highest BCUT2D eigenvalue weighted by Gasteiger charge is 2.21. The average molecular weight is 480 g/mol. The van der Waals surface area contributed by atoms with Gasteiger partial charge in [-0.1, -0.05) is 49.0 Å². The van der Waals surface area contributed by atoms with Crippen LogP contribution in [0.4, 0.5) is 0 Å². The first-order valence-electron chi connectivity index (χ1n) is 11.9. The maximum absolute atomic E-state index is 12.7. The number of thioether (sulfide) groups is 1. The predicted octanol–water partition coefficient (Wildman–Crippen LogP) is 3.89. The number of aryl methyl sites for hydroxylation is 1. The molecule has 2 heterocycles. The highest BCUT2D eigenvalue weighted by molar-refractivity contribution is 7.99. The number of benzene rings is 2. The largest absolute Gasteiger partial charge is 0.497 e. The number of aromatic nitrogens is 3. The minimum atomic E-state index is 0.0588. The van der Waals surface area contributed by atoms with Crippen molar-refractivity contribution < 1.29 is 9.53 Å². The first-order chi connectivity index (χ1) is 16.7. The number of amides is 1. The van der Waals surface area contributed by atoms with Crippen molar-refractivity contribution in [2.24, 2.45) is 0 Å². The molecule has 1 aliphatic heterocycles. The van der Waals surface area contributed by atoms with Gasteiger partial charge in [-0.3, -0.25) is 4.79 Å². The van der Waals surface area contributed by atoms with Crippen LogP contribution >= 0.6 is 11.8 Å². The van der Waals surface area contributed by atoms with Gasteiger partial charge in [-0.25, -0.2) is 0 Å². The fraction of sp³-hybridized carbons (Fsp3) is 0.423. The SMILES string of the molecule is CCN1CCC(NC(=O)CSc2nnc(-c3ccc(OC)cc3)n2CCc2ccccc2)CC1. The Kier molecular flexibility index (Phi) is 8.60. The number of piperidine rings is 1. The zero-order valence-electron chi connectivity index (χ0n) is 19.9. The fourth-order valence-corrected chi connectivity index (χ4v) is 5.00. The molecule has 1 saturated heterocycles. The van der Waals surface area contributed by atoms with Crippen molar-refractivity contribution in [3.05, 3.63) is 60.2 Å². The van der Waals surface area contributed by atoms with Crippen molar-refractivity contribution in [1.29, 1.82) is 0 Å². The molecule has 8 heteroatoms. The van der Waals surface area contributed by atoms with E-state index in [9.17, 15) is 4.79 Å². The molecule has 1 aromatic heterocycles. The van der Waals surface area contributed by atoms with E-state index in [4.69, 9.17) is 4.74 Å². The number of hydrogen-bond donors (Lipinski definition) is 1. The van der Waals surface area contributed by atoms with Crippen LogP contribution < -0.4 is 10.1 Å². The Labute approximate surface area is 205 Å². The summed E-state index contributed by atoms with van der Waals surface area (Å²) >= 11 is 1.45. The monoisotopic (exact) mass is 479 g/mol. The molecular formula is C26H33N5O2S. The lowest BCUT2D eigenvalue weighted by Gasteiger charge is -2.31. The Balaban J connectivity index is 1.43. The predicted molar refractivity (Wildman–Crippen MR) is 136 cm³/mol. The highest BCUT2D eigenvalue weighted by atomic mass is 32.2. The molecule has 1 aliphatic rings. The van der Waals surface area contributed by atoms with Crippen molar-refractivity contribution in [3.8, 4) is 17.1 Å². The molecule has 180 valence electrons. The van der Waals surface area contributed by atoms with Crippen LogP contribution in [0.1, 0.15) is 25.3 Å². The van der Waals surface area contributed by atoms with E-state index in [2.05, 4.69) is 56.2 Å². The first kappa shape index (κ1) is 24.3. The maximum Gasteiger partial charge on any atom is 0.230 e. The van der Waals surface area contributed by atoms with E-state index in [0.717, 1.165) is 67.7 Å². The third kappa shape index (κ3) is 6.39. The molecular weight excluding hydrogens is 446 g/mol. The lowest BCUT2D eigenvalue weighted by atomic mass is 10.1. The molecule has 0 atom stereocenters. The number of nitrogens with one attached hydrogen (secondary N) is 1. The molecule has 3 aromatic rings. The second-order valence-electron chi connectivity index (χ2n) is 8.49. The van der Waals surface area contributed by atoms with Crippen molar-refractivity contribution >= 4 is 17.7 Å². The molecule has 0 unspecified atom stereocenters. The van der Waals surface area contributed by atoms with Gasteiger partial charge in [0.05, 0.1) is 12.9 Å². The average Bonchev–Trinajstić information content (AvgIpc) is 3.30. The molecule has 0 saturated carbocycles. The van der Waals surface area contributed by atoms with E-state index in [-0.39, 0.29) is 11.9 Å². The molecule has 1 amide bonds. The van der Waals surface area contributed by atoms with E-state index in [1.165, 1.54) is 17.3 Å². The van der Waals surface area contributed by atoms with Crippen LogP contribution in [0.3, 0.4) is 0 Å². The Morgan fingerprint density at radius 2 is 1.82 bits per heavy atom. The van der Waals surface area contributed by atoms with E-state index >= 15 is 0 Å². The van der Waals surface area contributed by atoms with Gasteiger partial charge < -0.3 is 19.5 Å². The second-order valence-corrected chi connectivity index (χ2v) is 9.43. The number of rotatable bonds is 10. The minimum Gasteiger partial charge on any atom is -0.497 e. The zero-order chi connectivity index (χ0) is 23.8. The second kappa shape index (κ2) is 12.0. The quantitative estimate of drug-likeness (QED) is 0.445. The molecule has 1 N–H and O–H groups in total. The Morgan fingerprint density at radius 3 is 2.50 bits per heavy atom. The molecule has 0 aliphatic carbocycles. The highest BCUT2D eigenvalue weighted by Crippen LogP contribution is 2.26. The van der Waals surface area contributed by atoms with Crippen LogP contribution in [-0.4, -0.2) is 64.1 Å². The van der Waals surface area contributed by atoms with E-state index in [0.29, 0.717) is 5.75 Å². The van der Waals surface area contributed by atoms with Crippen molar-refractivity contribution in [2.45, 2.75) is 43.9 Å². The summed E-state index contributed by atoms with van der Waals surface area (Å²) in [5.74, 6) is 1.99. The third-order valence-electron chi connectivity index (χ3n) is 6.26. The van der Waals surface area contributed by atoms with Crippen LogP contribution in [0, 0.1) is 0 Å². The lowest BCUT2D eigenvalue weighted by Crippen LogP contribution is -2.45. The van der Waals surface area contributed by atoms with Gasteiger partial charge in [-0.15, -0.1) is 10.2 Å². The fourth-order valence-electron chi connectivity index (χ4n) is 4.23. The van der Waals surface area contributed by atoms with Crippen LogP contribution in [0.2, 0.25) is 0 Å². The van der Waals surface area contributed by atoms with Gasteiger partial charge in [0.2, 0.25) is 5.91 Å². The van der Waals surface area contributed by atoms with Gasteiger partial charge in [0.15, 0.2) is 11.0 Å². The Hall–Kier alpha value is -2.84. The molecule has 7 nitrogen and oxygen atoms in total. The summed E-state index contributed by atoms with van der Waals surface area (Å²) in [6.07, 6.45) is 2.88. The van der Waals surface area contributed by atoms with Crippen molar-refractivity contribution in [3.63, 3.8) is 0 Å². The topological polar surface area (TPSA) is 72.3 Å². The van der Waals surface area contributed by atoms with Gasteiger partial charge in [-0.2, -0.15) is 0 Å². The summed E-state index contributed by atoms with van der Waals surface area (Å²) < 4.78 is 7.41. The lowest BCUT2D eigenvalue weighted by molar-refractivity contribution is -0.119. The third-order valence-corrected chi connectivity index (χ3v) is 7.23. The first-order valence-corrected chi connectivity index (χ1v) is 12.9. The number of carbonyl (C=O) groups excluding carboxylic acids is 1. The van der Waals surface area contributed by atoms with Crippen molar-refractivity contribution in [1.82, 2.24) is 25.0 Å². The Morgan fingerprint density at radius 1 is 1.09 bits per heavy atom. The zero-order valence-corrected chi connectivity index (χ0v) is 20.8. The minimum absolute atomic E-state index is 0.0588. The number of nitrogens with zero attached hydrogens (tertiary/aromatic N) is 4. The summed E-state index contributed by atoms with van der Waals surface area (Å²) in [4.78, 5) is 15.1. The van der Waals surface area contributed by atoms with Gasteiger partial charge in [-0.05, 0) is 55.6 Å².